The first kappa shape index (κ1) is 15.4. The second kappa shape index (κ2) is 6.63. The van der Waals surface area contributed by atoms with Crippen LogP contribution in [0.2, 0.25) is 0 Å². The lowest BCUT2D eigenvalue weighted by Gasteiger charge is -2.03. The number of halogens is 1. The van der Waals surface area contributed by atoms with E-state index in [1.54, 1.807) is 13.1 Å². The number of anilines is 1. The van der Waals surface area contributed by atoms with Gasteiger partial charge in [-0.05, 0) is 37.3 Å². The van der Waals surface area contributed by atoms with Crippen molar-refractivity contribution >= 4 is 27.4 Å². The van der Waals surface area contributed by atoms with E-state index in [9.17, 15) is 4.39 Å². The number of fused-ring (bicyclic) bond motifs is 1. The molecule has 0 aliphatic rings. The monoisotopic (exact) mass is 303 g/mol. The van der Waals surface area contributed by atoms with Gasteiger partial charge in [0.1, 0.15) is 21.2 Å². The molecule has 0 aliphatic carbocycles. The first-order valence-electron chi connectivity index (χ1n) is 6.89. The molecule has 0 saturated carbocycles. The molecule has 3 aromatic rings. The summed E-state index contributed by atoms with van der Waals surface area (Å²) in [6, 6.07) is 8.94. The largest absolute Gasteiger partial charge is 0.386 e. The van der Waals surface area contributed by atoms with Gasteiger partial charge in [-0.2, -0.15) is 0 Å². The minimum absolute atomic E-state index is 0.275. The SMILES string of the molecule is CC.CNc1ccc(-c2nc3ccc(C)nc3s2)cc1F. The molecular weight excluding hydrogens is 285 g/mol. The summed E-state index contributed by atoms with van der Waals surface area (Å²) in [5.41, 5.74) is 3.07. The second-order valence-corrected chi connectivity index (χ2v) is 5.22. The Morgan fingerprint density at radius 2 is 1.86 bits per heavy atom. The lowest BCUT2D eigenvalue weighted by Crippen LogP contribution is -1.92. The van der Waals surface area contributed by atoms with Gasteiger partial charge in [-0.3, -0.25) is 0 Å². The number of benzene rings is 1. The van der Waals surface area contributed by atoms with Gasteiger partial charge in [0.2, 0.25) is 0 Å². The zero-order chi connectivity index (χ0) is 15.4. The molecule has 0 atom stereocenters. The number of thiazole rings is 1. The molecule has 0 fully saturated rings. The number of hydrogen-bond donors (Lipinski definition) is 1. The third kappa shape index (κ3) is 3.19. The summed E-state index contributed by atoms with van der Waals surface area (Å²) < 4.78 is 13.8. The predicted molar refractivity (Wildman–Crippen MR) is 88.4 cm³/mol. The van der Waals surface area contributed by atoms with Crippen LogP contribution in [0.5, 0.6) is 0 Å². The minimum atomic E-state index is -0.275. The second-order valence-electron chi connectivity index (χ2n) is 4.24. The molecule has 0 spiro atoms. The van der Waals surface area contributed by atoms with Crippen LogP contribution in [0.25, 0.3) is 20.9 Å². The number of nitrogens with one attached hydrogen (secondary N) is 1. The fourth-order valence-electron chi connectivity index (χ4n) is 1.88. The fourth-order valence-corrected chi connectivity index (χ4v) is 2.86. The van der Waals surface area contributed by atoms with Crippen molar-refractivity contribution in [3.05, 3.63) is 41.8 Å². The Bertz CT molecular complexity index is 752. The Labute approximate surface area is 127 Å². The van der Waals surface area contributed by atoms with Gasteiger partial charge in [0.25, 0.3) is 0 Å². The van der Waals surface area contributed by atoms with E-state index in [4.69, 9.17) is 0 Å². The van der Waals surface area contributed by atoms with Crippen LogP contribution in [0.4, 0.5) is 10.1 Å². The van der Waals surface area contributed by atoms with Crippen molar-refractivity contribution in [3.63, 3.8) is 0 Å². The van der Waals surface area contributed by atoms with E-state index in [1.165, 1.54) is 17.4 Å². The molecule has 21 heavy (non-hydrogen) atoms. The van der Waals surface area contributed by atoms with Crippen molar-refractivity contribution in [1.82, 2.24) is 9.97 Å². The summed E-state index contributed by atoms with van der Waals surface area (Å²) in [4.78, 5) is 9.80. The van der Waals surface area contributed by atoms with Gasteiger partial charge in [0, 0.05) is 18.3 Å². The van der Waals surface area contributed by atoms with Gasteiger partial charge in [0.05, 0.1) is 5.69 Å². The van der Waals surface area contributed by atoms with Crippen LogP contribution < -0.4 is 5.32 Å². The first-order valence-corrected chi connectivity index (χ1v) is 7.71. The van der Waals surface area contributed by atoms with Crippen molar-refractivity contribution in [2.24, 2.45) is 0 Å². The molecule has 0 amide bonds. The van der Waals surface area contributed by atoms with Gasteiger partial charge < -0.3 is 5.32 Å². The highest BCUT2D eigenvalue weighted by atomic mass is 32.1. The van der Waals surface area contributed by atoms with E-state index in [2.05, 4.69) is 15.3 Å². The summed E-state index contributed by atoms with van der Waals surface area (Å²) >= 11 is 1.48. The summed E-state index contributed by atoms with van der Waals surface area (Å²) in [5.74, 6) is -0.275. The third-order valence-corrected chi connectivity index (χ3v) is 3.89. The molecule has 5 heteroatoms. The smallest absolute Gasteiger partial charge is 0.146 e. The lowest BCUT2D eigenvalue weighted by molar-refractivity contribution is 0.632. The average molecular weight is 303 g/mol. The summed E-state index contributed by atoms with van der Waals surface area (Å²) in [6.07, 6.45) is 0. The Balaban J connectivity index is 0.000000774. The van der Waals surface area contributed by atoms with Crippen LogP contribution >= 0.6 is 11.3 Å². The van der Waals surface area contributed by atoms with Crippen LogP contribution in [0.1, 0.15) is 19.5 Å². The average Bonchev–Trinajstić information content (AvgIpc) is 2.92. The molecule has 3 nitrogen and oxygen atoms in total. The zero-order valence-electron chi connectivity index (χ0n) is 12.6. The van der Waals surface area contributed by atoms with Crippen molar-refractivity contribution in [1.29, 1.82) is 0 Å². The molecule has 0 saturated heterocycles. The number of hydrogen-bond acceptors (Lipinski definition) is 4. The third-order valence-electron chi connectivity index (χ3n) is 2.88. The van der Waals surface area contributed by atoms with Gasteiger partial charge in [0.15, 0.2) is 0 Å². The van der Waals surface area contributed by atoms with Gasteiger partial charge in [-0.15, -0.1) is 0 Å². The summed E-state index contributed by atoms with van der Waals surface area (Å²) in [7, 11) is 1.70. The van der Waals surface area contributed by atoms with Gasteiger partial charge in [-0.1, -0.05) is 25.2 Å². The highest BCUT2D eigenvalue weighted by molar-refractivity contribution is 7.21. The lowest BCUT2D eigenvalue weighted by atomic mass is 10.2. The number of pyridine rings is 1. The summed E-state index contributed by atoms with van der Waals surface area (Å²) in [5, 5.41) is 3.59. The Morgan fingerprint density at radius 1 is 1.10 bits per heavy atom. The number of aryl methyl sites for hydroxylation is 1. The highest BCUT2D eigenvalue weighted by Crippen LogP contribution is 2.30. The van der Waals surface area contributed by atoms with Crippen LogP contribution in [-0.2, 0) is 0 Å². The van der Waals surface area contributed by atoms with E-state index in [-0.39, 0.29) is 5.82 Å². The Hall–Kier alpha value is -2.01. The molecule has 0 aliphatic heterocycles. The normalized spacial score (nSPS) is 10.1. The van der Waals surface area contributed by atoms with Crippen molar-refractivity contribution in [3.8, 4) is 10.6 Å². The van der Waals surface area contributed by atoms with Crippen LogP contribution in [0.3, 0.4) is 0 Å². The van der Waals surface area contributed by atoms with Gasteiger partial charge in [-0.25, -0.2) is 14.4 Å². The summed E-state index contributed by atoms with van der Waals surface area (Å²) in [6.45, 7) is 5.94. The number of aromatic nitrogens is 2. The van der Waals surface area contributed by atoms with Crippen molar-refractivity contribution < 1.29 is 4.39 Å². The molecular formula is C16H18FN3S. The topological polar surface area (TPSA) is 37.8 Å². The fraction of sp³-hybridized carbons (Fsp3) is 0.250. The molecule has 2 heterocycles. The molecule has 110 valence electrons. The molecule has 1 aromatic carbocycles. The maximum Gasteiger partial charge on any atom is 0.146 e. The van der Waals surface area contributed by atoms with E-state index in [1.807, 2.05) is 39.0 Å². The van der Waals surface area contributed by atoms with Gasteiger partial charge >= 0.3 is 0 Å². The zero-order valence-corrected chi connectivity index (χ0v) is 13.4. The van der Waals surface area contributed by atoms with Crippen LogP contribution in [0, 0.1) is 12.7 Å². The number of nitrogens with zero attached hydrogens (tertiary/aromatic N) is 2. The van der Waals surface area contributed by atoms with Crippen molar-refractivity contribution in [2.45, 2.75) is 20.8 Å². The molecule has 3 rings (SSSR count). The van der Waals surface area contributed by atoms with E-state index < -0.39 is 0 Å². The quantitative estimate of drug-likeness (QED) is 0.733. The Morgan fingerprint density at radius 3 is 2.52 bits per heavy atom. The molecule has 1 N–H and O–H groups in total. The first-order chi connectivity index (χ1) is 10.2. The standard InChI is InChI=1S/C14H12FN3S.C2H6/c1-8-3-5-12-14(17-8)19-13(18-12)9-4-6-11(16-2)10(15)7-9;1-2/h3-7,16H,1-2H3;1-2H3. The maximum atomic E-state index is 13.8. The molecule has 0 unspecified atom stereocenters. The van der Waals surface area contributed by atoms with E-state index >= 15 is 0 Å². The molecule has 0 bridgehead atoms. The highest BCUT2D eigenvalue weighted by Gasteiger charge is 2.09. The number of rotatable bonds is 2. The van der Waals surface area contributed by atoms with Crippen LogP contribution in [0.15, 0.2) is 30.3 Å². The minimum Gasteiger partial charge on any atom is -0.386 e. The Kier molecular flexibility index (Phi) is 4.85. The van der Waals surface area contributed by atoms with E-state index in [0.717, 1.165) is 26.6 Å². The van der Waals surface area contributed by atoms with E-state index in [0.29, 0.717) is 5.69 Å². The molecule has 2 aromatic heterocycles. The van der Waals surface area contributed by atoms with Crippen molar-refractivity contribution in [2.75, 3.05) is 12.4 Å². The molecule has 0 radical (unpaired) electrons. The maximum absolute atomic E-state index is 13.8. The predicted octanol–water partition coefficient (Wildman–Crippen LogP) is 4.87. The van der Waals surface area contributed by atoms with Crippen LogP contribution in [-0.4, -0.2) is 17.0 Å².